The summed E-state index contributed by atoms with van der Waals surface area (Å²) in [6.07, 6.45) is 2.79. The summed E-state index contributed by atoms with van der Waals surface area (Å²) in [5, 5.41) is 5.62. The monoisotopic (exact) mass is 492 g/mol. The Balaban J connectivity index is 1.56. The quantitative estimate of drug-likeness (QED) is 0.608. The minimum absolute atomic E-state index is 0.0294. The minimum Gasteiger partial charge on any atom is -0.326 e. The fourth-order valence-corrected chi connectivity index (χ4v) is 7.59. The normalized spacial score (nSPS) is 20.9. The van der Waals surface area contributed by atoms with E-state index in [4.69, 9.17) is 0 Å². The molecule has 0 aromatic heterocycles. The van der Waals surface area contributed by atoms with Crippen molar-refractivity contribution in [2.75, 3.05) is 49.1 Å². The molecule has 0 aliphatic carbocycles. The van der Waals surface area contributed by atoms with Crippen molar-refractivity contribution in [1.29, 1.82) is 0 Å². The van der Waals surface area contributed by atoms with E-state index in [9.17, 15) is 18.0 Å². The molecule has 8 nitrogen and oxygen atoms in total. The Morgan fingerprint density at radius 2 is 1.56 bits per heavy atom. The highest BCUT2D eigenvalue weighted by molar-refractivity contribution is 7.89. The van der Waals surface area contributed by atoms with Crippen LogP contribution in [0.25, 0.3) is 0 Å². The molecule has 1 aromatic carbocycles. The fraction of sp³-hybridized carbons (Fsp3) is 0.680. The van der Waals surface area contributed by atoms with E-state index in [1.54, 1.807) is 28.6 Å². The van der Waals surface area contributed by atoms with Crippen LogP contribution in [0.1, 0.15) is 53.9 Å². The number of nitrogens with one attached hydrogen (secondary N) is 2. The van der Waals surface area contributed by atoms with Gasteiger partial charge in [0.25, 0.3) is 0 Å². The van der Waals surface area contributed by atoms with Crippen molar-refractivity contribution in [1.82, 2.24) is 9.21 Å². The lowest BCUT2D eigenvalue weighted by Crippen LogP contribution is -2.56. The highest BCUT2D eigenvalue weighted by Crippen LogP contribution is 2.47. The van der Waals surface area contributed by atoms with Gasteiger partial charge >= 0.3 is 0 Å². The number of anilines is 2. The van der Waals surface area contributed by atoms with E-state index in [-0.39, 0.29) is 34.3 Å². The van der Waals surface area contributed by atoms with Crippen LogP contribution >= 0.6 is 0 Å². The Morgan fingerprint density at radius 3 is 2.09 bits per heavy atom. The lowest BCUT2D eigenvalue weighted by molar-refractivity contribution is -0.118. The van der Waals surface area contributed by atoms with Crippen LogP contribution in [0.3, 0.4) is 0 Å². The Labute approximate surface area is 204 Å². The van der Waals surface area contributed by atoms with E-state index >= 15 is 0 Å². The average Bonchev–Trinajstić information content (AvgIpc) is 2.69. The predicted molar refractivity (Wildman–Crippen MR) is 136 cm³/mol. The summed E-state index contributed by atoms with van der Waals surface area (Å²) >= 11 is 0. The van der Waals surface area contributed by atoms with E-state index in [2.05, 4.69) is 29.4 Å². The Hall–Kier alpha value is -1.97. The van der Waals surface area contributed by atoms with Gasteiger partial charge in [-0.25, -0.2) is 12.7 Å². The molecular weight excluding hydrogens is 452 g/mol. The summed E-state index contributed by atoms with van der Waals surface area (Å²) in [7, 11) is -3.27. The molecule has 3 rings (SSSR count). The zero-order valence-corrected chi connectivity index (χ0v) is 22.0. The number of nitrogens with zero attached hydrogens (tertiary/aromatic N) is 2. The smallest absolute Gasteiger partial charge is 0.238 e. The largest absolute Gasteiger partial charge is 0.326 e. The van der Waals surface area contributed by atoms with Gasteiger partial charge in [0.1, 0.15) is 0 Å². The zero-order valence-electron chi connectivity index (χ0n) is 21.2. The molecule has 0 unspecified atom stereocenters. The van der Waals surface area contributed by atoms with Gasteiger partial charge in [-0.3, -0.25) is 14.5 Å². The molecule has 1 spiro atoms. The van der Waals surface area contributed by atoms with Crippen molar-refractivity contribution < 1.29 is 18.0 Å². The van der Waals surface area contributed by atoms with Gasteiger partial charge in [-0.1, -0.05) is 27.7 Å². The van der Waals surface area contributed by atoms with Crippen molar-refractivity contribution in [2.45, 2.75) is 53.9 Å². The zero-order chi connectivity index (χ0) is 25.1. The van der Waals surface area contributed by atoms with Gasteiger partial charge in [0.05, 0.1) is 12.3 Å². The van der Waals surface area contributed by atoms with Crippen molar-refractivity contribution in [3.63, 3.8) is 0 Å². The van der Waals surface area contributed by atoms with Gasteiger partial charge < -0.3 is 10.6 Å². The van der Waals surface area contributed by atoms with E-state index in [1.807, 2.05) is 13.8 Å². The number of carbonyl (C=O) groups is 2. The second kappa shape index (κ2) is 10.3. The number of rotatable bonds is 7. The molecule has 0 radical (unpaired) electrons. The van der Waals surface area contributed by atoms with Gasteiger partial charge in [-0.2, -0.15) is 0 Å². The lowest BCUT2D eigenvalue weighted by atomic mass is 9.65. The molecule has 2 heterocycles. The Bertz CT molecular complexity index is 981. The summed E-state index contributed by atoms with van der Waals surface area (Å²) in [6.45, 7) is 12.7. The third kappa shape index (κ3) is 7.26. The number of piperidine rings is 2. The fourth-order valence-electron chi connectivity index (χ4n) is 5.52. The average molecular weight is 493 g/mol. The summed E-state index contributed by atoms with van der Waals surface area (Å²) in [4.78, 5) is 25.9. The lowest BCUT2D eigenvalue weighted by Gasteiger charge is -2.52. The van der Waals surface area contributed by atoms with Crippen LogP contribution in [0.2, 0.25) is 0 Å². The van der Waals surface area contributed by atoms with Crippen molar-refractivity contribution in [2.24, 2.45) is 16.7 Å². The molecule has 0 saturated carbocycles. The second-order valence-electron chi connectivity index (χ2n) is 11.4. The van der Waals surface area contributed by atoms with E-state index < -0.39 is 10.0 Å². The highest BCUT2D eigenvalue weighted by atomic mass is 32.2. The molecular formula is C25H40N4O4S. The molecule has 1 aromatic rings. The molecule has 0 atom stereocenters. The van der Waals surface area contributed by atoms with Gasteiger partial charge in [0, 0.05) is 31.4 Å². The number of likely N-dealkylation sites (tertiary alicyclic amines) is 1. The summed E-state index contributed by atoms with van der Waals surface area (Å²) in [5.74, 6) is 0.0833. The third-order valence-corrected chi connectivity index (χ3v) is 8.81. The number of sulfonamides is 1. The van der Waals surface area contributed by atoms with E-state index in [0.717, 1.165) is 32.4 Å². The molecule has 2 N–H and O–H groups in total. The number of hydrogen-bond acceptors (Lipinski definition) is 5. The number of hydrogen-bond donors (Lipinski definition) is 2. The van der Waals surface area contributed by atoms with Crippen LogP contribution in [-0.2, 0) is 19.6 Å². The van der Waals surface area contributed by atoms with Crippen LogP contribution < -0.4 is 10.6 Å². The first-order chi connectivity index (χ1) is 15.8. The molecule has 0 bridgehead atoms. The molecule has 2 fully saturated rings. The maximum Gasteiger partial charge on any atom is 0.238 e. The van der Waals surface area contributed by atoms with Crippen LogP contribution in [-0.4, -0.2) is 67.9 Å². The van der Waals surface area contributed by atoms with E-state index in [0.29, 0.717) is 31.0 Å². The van der Waals surface area contributed by atoms with Crippen LogP contribution in [0.5, 0.6) is 0 Å². The Morgan fingerprint density at radius 1 is 1.00 bits per heavy atom. The van der Waals surface area contributed by atoms with Crippen LogP contribution in [0.4, 0.5) is 11.4 Å². The summed E-state index contributed by atoms with van der Waals surface area (Å²) in [5.41, 5.74) is 1.28. The van der Waals surface area contributed by atoms with Crippen LogP contribution in [0.15, 0.2) is 24.3 Å². The minimum atomic E-state index is -3.27. The highest BCUT2D eigenvalue weighted by Gasteiger charge is 2.47. The Kier molecular flexibility index (Phi) is 8.10. The second-order valence-corrected chi connectivity index (χ2v) is 13.4. The molecule has 190 valence electrons. The van der Waals surface area contributed by atoms with Gasteiger partial charge in [-0.05, 0) is 73.4 Å². The first-order valence-electron chi connectivity index (χ1n) is 12.2. The molecule has 2 saturated heterocycles. The van der Waals surface area contributed by atoms with Gasteiger partial charge in [-0.15, -0.1) is 0 Å². The topological polar surface area (TPSA) is 98.8 Å². The standard InChI is InChI=1S/C25H40N4O4S/c1-19(2)15-34(32,33)29-17-24(4,5)16-25(18-29)10-12-28(13-11-25)14-23(31)27-22-8-6-21(7-9-22)26-20(3)30/h6-9,19H,10-18H2,1-5H3,(H,26,30)(H,27,31). The molecule has 2 aliphatic rings. The van der Waals surface area contributed by atoms with Gasteiger partial charge in [0.2, 0.25) is 21.8 Å². The first kappa shape index (κ1) is 26.6. The molecule has 2 amide bonds. The maximum atomic E-state index is 13.0. The van der Waals surface area contributed by atoms with E-state index in [1.165, 1.54) is 6.92 Å². The summed E-state index contributed by atoms with van der Waals surface area (Å²) < 4.78 is 27.8. The summed E-state index contributed by atoms with van der Waals surface area (Å²) in [6, 6.07) is 7.05. The molecule has 2 aliphatic heterocycles. The SMILES string of the molecule is CC(=O)Nc1ccc(NC(=O)CN2CCC3(CC2)CN(S(=O)(=O)CC(C)C)CC(C)(C)C3)cc1. The van der Waals surface area contributed by atoms with Gasteiger partial charge in [0.15, 0.2) is 0 Å². The van der Waals surface area contributed by atoms with Crippen LogP contribution in [0, 0.1) is 16.7 Å². The predicted octanol–water partition coefficient (Wildman–Crippen LogP) is 3.38. The van der Waals surface area contributed by atoms with Crippen molar-refractivity contribution >= 4 is 33.2 Å². The number of benzene rings is 1. The number of carbonyl (C=O) groups excluding carboxylic acids is 2. The maximum absolute atomic E-state index is 13.0. The third-order valence-electron chi connectivity index (χ3n) is 6.68. The molecule has 34 heavy (non-hydrogen) atoms. The molecule has 9 heteroatoms. The van der Waals surface area contributed by atoms with Crippen molar-refractivity contribution in [3.05, 3.63) is 24.3 Å². The number of amides is 2. The van der Waals surface area contributed by atoms with Crippen molar-refractivity contribution in [3.8, 4) is 0 Å². The first-order valence-corrected chi connectivity index (χ1v) is 13.8.